The monoisotopic (exact) mass is 200 g/mol. The van der Waals surface area contributed by atoms with Gasteiger partial charge in [0, 0.05) is 6.61 Å². The van der Waals surface area contributed by atoms with E-state index in [2.05, 4.69) is 6.92 Å². The van der Waals surface area contributed by atoms with E-state index in [0.29, 0.717) is 12.5 Å². The van der Waals surface area contributed by atoms with Crippen LogP contribution in [0.2, 0.25) is 0 Å². The molecule has 1 fully saturated rings. The molecule has 0 aromatic heterocycles. The molecule has 14 heavy (non-hydrogen) atoms. The molecule has 1 N–H and O–H groups in total. The predicted molar refractivity (Wildman–Crippen MR) is 54.2 cm³/mol. The van der Waals surface area contributed by atoms with Gasteiger partial charge in [-0.1, -0.05) is 13.3 Å². The molecular weight excluding hydrogens is 180 g/mol. The number of carboxylic acid groups (broad SMARTS) is 1. The Balaban J connectivity index is 2.48. The van der Waals surface area contributed by atoms with Crippen LogP contribution in [0.3, 0.4) is 0 Å². The van der Waals surface area contributed by atoms with Gasteiger partial charge in [0.2, 0.25) is 0 Å². The van der Waals surface area contributed by atoms with Crippen LogP contribution in [0.25, 0.3) is 0 Å². The average molecular weight is 200 g/mol. The molecule has 3 nitrogen and oxygen atoms in total. The van der Waals surface area contributed by atoms with Gasteiger partial charge in [0.05, 0.1) is 12.5 Å². The molecule has 0 aromatic rings. The molecule has 3 heteroatoms. The van der Waals surface area contributed by atoms with Gasteiger partial charge in [-0.05, 0) is 31.6 Å². The van der Waals surface area contributed by atoms with Crippen LogP contribution < -0.4 is 0 Å². The Morgan fingerprint density at radius 2 is 2.21 bits per heavy atom. The lowest BCUT2D eigenvalue weighted by Gasteiger charge is -2.33. The van der Waals surface area contributed by atoms with Crippen LogP contribution in [0.15, 0.2) is 0 Å². The Morgan fingerprint density at radius 3 is 2.79 bits per heavy atom. The van der Waals surface area contributed by atoms with E-state index in [1.165, 1.54) is 0 Å². The number of hydrogen-bond donors (Lipinski definition) is 1. The molecule has 82 valence electrons. The lowest BCUT2D eigenvalue weighted by molar-refractivity contribution is -0.140. The molecule has 0 heterocycles. The van der Waals surface area contributed by atoms with Crippen LogP contribution in [0.4, 0.5) is 0 Å². The fraction of sp³-hybridized carbons (Fsp3) is 0.909. The summed E-state index contributed by atoms with van der Waals surface area (Å²) in [5.74, 6) is 0.203. The van der Waals surface area contributed by atoms with Crippen molar-refractivity contribution >= 4 is 5.97 Å². The van der Waals surface area contributed by atoms with Crippen molar-refractivity contribution in [2.24, 2.45) is 11.8 Å². The van der Waals surface area contributed by atoms with Gasteiger partial charge in [-0.15, -0.1) is 0 Å². The molecule has 0 aliphatic heterocycles. The Morgan fingerprint density at radius 1 is 1.50 bits per heavy atom. The van der Waals surface area contributed by atoms with E-state index in [1.54, 1.807) is 0 Å². The third kappa shape index (κ3) is 3.29. The van der Waals surface area contributed by atoms with E-state index in [0.717, 1.165) is 19.3 Å². The van der Waals surface area contributed by atoms with Crippen molar-refractivity contribution in [1.82, 2.24) is 0 Å². The SMILES string of the molecule is CCOC1CC(C)CCC1CC(=O)O. The van der Waals surface area contributed by atoms with Crippen LogP contribution in [-0.4, -0.2) is 23.8 Å². The minimum absolute atomic E-state index is 0.167. The maximum absolute atomic E-state index is 10.6. The number of rotatable bonds is 4. The fourth-order valence-electron chi connectivity index (χ4n) is 2.27. The summed E-state index contributed by atoms with van der Waals surface area (Å²) in [5.41, 5.74) is 0. The molecule has 0 bridgehead atoms. The highest BCUT2D eigenvalue weighted by Gasteiger charge is 2.30. The number of hydrogen-bond acceptors (Lipinski definition) is 2. The number of aliphatic carboxylic acids is 1. The summed E-state index contributed by atoms with van der Waals surface area (Å²) in [5, 5.41) is 8.76. The number of ether oxygens (including phenoxy) is 1. The molecule has 1 aliphatic carbocycles. The van der Waals surface area contributed by atoms with Crippen molar-refractivity contribution in [3.63, 3.8) is 0 Å². The maximum Gasteiger partial charge on any atom is 0.303 e. The zero-order valence-electron chi connectivity index (χ0n) is 9.03. The topological polar surface area (TPSA) is 46.5 Å². The first-order valence-corrected chi connectivity index (χ1v) is 5.46. The molecule has 1 rings (SSSR count). The van der Waals surface area contributed by atoms with E-state index in [9.17, 15) is 4.79 Å². The van der Waals surface area contributed by atoms with Crippen molar-refractivity contribution in [3.8, 4) is 0 Å². The molecule has 0 radical (unpaired) electrons. The molecular formula is C11H20O3. The Labute approximate surface area is 85.5 Å². The Hall–Kier alpha value is -0.570. The van der Waals surface area contributed by atoms with Gasteiger partial charge in [0.15, 0.2) is 0 Å². The zero-order chi connectivity index (χ0) is 10.6. The first kappa shape index (κ1) is 11.5. The van der Waals surface area contributed by atoms with Crippen molar-refractivity contribution < 1.29 is 14.6 Å². The summed E-state index contributed by atoms with van der Waals surface area (Å²) in [7, 11) is 0. The Bertz CT molecular complexity index is 191. The summed E-state index contributed by atoms with van der Waals surface area (Å²) in [4.78, 5) is 10.6. The van der Waals surface area contributed by atoms with Crippen molar-refractivity contribution in [2.45, 2.75) is 45.6 Å². The predicted octanol–water partition coefficient (Wildman–Crippen LogP) is 2.30. The summed E-state index contributed by atoms with van der Waals surface area (Å²) in [6.45, 7) is 4.87. The lowest BCUT2D eigenvalue weighted by Crippen LogP contribution is -2.32. The van der Waals surface area contributed by atoms with E-state index in [-0.39, 0.29) is 18.4 Å². The highest BCUT2D eigenvalue weighted by molar-refractivity contribution is 5.67. The minimum Gasteiger partial charge on any atom is -0.481 e. The zero-order valence-corrected chi connectivity index (χ0v) is 9.03. The van der Waals surface area contributed by atoms with E-state index < -0.39 is 5.97 Å². The summed E-state index contributed by atoms with van der Waals surface area (Å²) >= 11 is 0. The lowest BCUT2D eigenvalue weighted by atomic mass is 9.79. The fourth-order valence-corrected chi connectivity index (χ4v) is 2.27. The molecule has 1 saturated carbocycles. The molecule has 1 aliphatic rings. The second kappa shape index (κ2) is 5.35. The van der Waals surface area contributed by atoms with Crippen LogP contribution in [0.1, 0.15) is 39.5 Å². The quantitative estimate of drug-likeness (QED) is 0.757. The van der Waals surface area contributed by atoms with E-state index in [1.807, 2.05) is 6.92 Å². The number of carboxylic acids is 1. The third-order valence-electron chi connectivity index (χ3n) is 3.01. The van der Waals surface area contributed by atoms with Crippen LogP contribution in [0.5, 0.6) is 0 Å². The van der Waals surface area contributed by atoms with Gasteiger partial charge >= 0.3 is 5.97 Å². The Kier molecular flexibility index (Phi) is 4.39. The summed E-state index contributed by atoms with van der Waals surface area (Å²) in [6.07, 6.45) is 3.59. The first-order chi connectivity index (χ1) is 6.63. The van der Waals surface area contributed by atoms with Crippen molar-refractivity contribution in [3.05, 3.63) is 0 Å². The molecule has 0 amide bonds. The van der Waals surface area contributed by atoms with Gasteiger partial charge < -0.3 is 9.84 Å². The van der Waals surface area contributed by atoms with Gasteiger partial charge in [-0.2, -0.15) is 0 Å². The standard InChI is InChI=1S/C11H20O3/c1-3-14-10-6-8(2)4-5-9(10)7-11(12)13/h8-10H,3-7H2,1-2H3,(H,12,13). The highest BCUT2D eigenvalue weighted by Crippen LogP contribution is 2.32. The second-order valence-electron chi connectivity index (χ2n) is 4.27. The van der Waals surface area contributed by atoms with Crippen molar-refractivity contribution in [1.29, 1.82) is 0 Å². The van der Waals surface area contributed by atoms with Gasteiger partial charge in [-0.3, -0.25) is 4.79 Å². The van der Waals surface area contributed by atoms with Crippen LogP contribution >= 0.6 is 0 Å². The van der Waals surface area contributed by atoms with Gasteiger partial charge in [0.1, 0.15) is 0 Å². The average Bonchev–Trinajstić information content (AvgIpc) is 2.09. The van der Waals surface area contributed by atoms with Crippen molar-refractivity contribution in [2.75, 3.05) is 6.61 Å². The maximum atomic E-state index is 10.6. The highest BCUT2D eigenvalue weighted by atomic mass is 16.5. The summed E-state index contributed by atoms with van der Waals surface area (Å²) in [6, 6.07) is 0. The molecule has 3 atom stereocenters. The molecule has 0 spiro atoms. The normalized spacial score (nSPS) is 32.9. The van der Waals surface area contributed by atoms with E-state index >= 15 is 0 Å². The van der Waals surface area contributed by atoms with Crippen LogP contribution in [-0.2, 0) is 9.53 Å². The van der Waals surface area contributed by atoms with Gasteiger partial charge in [-0.25, -0.2) is 0 Å². The van der Waals surface area contributed by atoms with E-state index in [4.69, 9.17) is 9.84 Å². The first-order valence-electron chi connectivity index (χ1n) is 5.46. The molecule has 0 saturated heterocycles. The van der Waals surface area contributed by atoms with Crippen LogP contribution in [0, 0.1) is 11.8 Å². The third-order valence-corrected chi connectivity index (χ3v) is 3.01. The number of carbonyl (C=O) groups is 1. The molecule has 3 unspecified atom stereocenters. The smallest absolute Gasteiger partial charge is 0.303 e. The minimum atomic E-state index is -0.700. The second-order valence-corrected chi connectivity index (χ2v) is 4.27. The molecule has 0 aromatic carbocycles. The summed E-state index contributed by atoms with van der Waals surface area (Å²) < 4.78 is 5.60. The van der Waals surface area contributed by atoms with Gasteiger partial charge in [0.25, 0.3) is 0 Å². The largest absolute Gasteiger partial charge is 0.481 e.